The summed E-state index contributed by atoms with van der Waals surface area (Å²) in [7, 11) is 1.82. The van der Waals surface area contributed by atoms with Crippen LogP contribution in [0.2, 0.25) is 0 Å². The van der Waals surface area contributed by atoms with Crippen LogP contribution in [0.1, 0.15) is 23.4 Å². The molecule has 7 heteroatoms. The molecule has 0 radical (unpaired) electrons. The normalized spacial score (nSPS) is 11.0. The molecule has 0 spiro atoms. The molecule has 0 fully saturated rings. The highest BCUT2D eigenvalue weighted by atomic mass is 19.1. The first-order valence-corrected chi connectivity index (χ1v) is 10.1. The first-order valence-electron chi connectivity index (χ1n) is 10.1. The van der Waals surface area contributed by atoms with Crippen LogP contribution in [0, 0.1) is 19.7 Å². The predicted molar refractivity (Wildman–Crippen MR) is 119 cm³/mol. The smallest absolute Gasteiger partial charge is 0.227 e. The van der Waals surface area contributed by atoms with Crippen LogP contribution in [0.4, 0.5) is 10.3 Å². The summed E-state index contributed by atoms with van der Waals surface area (Å²) in [5, 5.41) is 7.35. The number of rotatable bonds is 6. The number of anilines is 1. The Kier molecular flexibility index (Phi) is 5.66. The zero-order chi connectivity index (χ0) is 22.0. The third-order valence-electron chi connectivity index (χ3n) is 5.21. The molecule has 0 saturated heterocycles. The zero-order valence-electron chi connectivity index (χ0n) is 17.8. The standard InChI is InChI=1S/C24H24FN5O/c1-16-14-17(2)30(28-16)21-11-4-18(5-12-21)6-13-23(31)27-24-26-15-22(29(24)3)19-7-9-20(25)10-8-19/h4-5,7-12,14-15H,6,13H2,1-3H3,(H,26,27,31). The molecule has 0 aliphatic carbocycles. The highest BCUT2D eigenvalue weighted by molar-refractivity contribution is 5.89. The van der Waals surface area contributed by atoms with Gasteiger partial charge in [0.2, 0.25) is 11.9 Å². The third kappa shape index (κ3) is 4.55. The Morgan fingerprint density at radius 3 is 2.42 bits per heavy atom. The summed E-state index contributed by atoms with van der Waals surface area (Å²) in [6.07, 6.45) is 2.64. The van der Waals surface area contributed by atoms with Crippen molar-refractivity contribution in [3.8, 4) is 16.9 Å². The number of nitrogens with zero attached hydrogens (tertiary/aromatic N) is 4. The Labute approximate surface area is 180 Å². The summed E-state index contributed by atoms with van der Waals surface area (Å²) in [6.45, 7) is 4.00. The minimum absolute atomic E-state index is 0.109. The molecule has 0 saturated carbocycles. The maximum atomic E-state index is 13.1. The first kappa shape index (κ1) is 20.5. The Hall–Kier alpha value is -3.74. The summed E-state index contributed by atoms with van der Waals surface area (Å²) in [6, 6.07) is 16.3. The van der Waals surface area contributed by atoms with Crippen molar-refractivity contribution in [1.29, 1.82) is 0 Å². The van der Waals surface area contributed by atoms with Gasteiger partial charge in [-0.15, -0.1) is 0 Å². The minimum Gasteiger partial charge on any atom is -0.313 e. The van der Waals surface area contributed by atoms with E-state index in [1.54, 1.807) is 22.9 Å². The third-order valence-corrected chi connectivity index (χ3v) is 5.21. The summed E-state index contributed by atoms with van der Waals surface area (Å²) in [5.41, 5.74) is 5.77. The molecule has 2 heterocycles. The van der Waals surface area contributed by atoms with Crippen molar-refractivity contribution in [1.82, 2.24) is 19.3 Å². The van der Waals surface area contributed by atoms with E-state index < -0.39 is 0 Å². The zero-order valence-corrected chi connectivity index (χ0v) is 17.8. The van der Waals surface area contributed by atoms with Gasteiger partial charge in [-0.25, -0.2) is 14.1 Å². The molecular weight excluding hydrogens is 393 g/mol. The fraction of sp³-hybridized carbons (Fsp3) is 0.208. The number of amides is 1. The number of aromatic nitrogens is 4. The van der Waals surface area contributed by atoms with E-state index in [9.17, 15) is 9.18 Å². The van der Waals surface area contributed by atoms with E-state index in [1.165, 1.54) is 12.1 Å². The van der Waals surface area contributed by atoms with E-state index in [0.29, 0.717) is 18.8 Å². The molecule has 0 aliphatic rings. The fourth-order valence-electron chi connectivity index (χ4n) is 3.55. The van der Waals surface area contributed by atoms with Gasteiger partial charge in [-0.2, -0.15) is 5.10 Å². The molecule has 1 amide bonds. The number of aryl methyl sites for hydroxylation is 3. The Balaban J connectivity index is 1.36. The fourth-order valence-corrected chi connectivity index (χ4v) is 3.55. The van der Waals surface area contributed by atoms with Crippen LogP contribution in [0.3, 0.4) is 0 Å². The van der Waals surface area contributed by atoms with Crippen LogP contribution in [0.5, 0.6) is 0 Å². The summed E-state index contributed by atoms with van der Waals surface area (Å²) in [4.78, 5) is 16.7. The van der Waals surface area contributed by atoms with Gasteiger partial charge in [-0.3, -0.25) is 10.1 Å². The van der Waals surface area contributed by atoms with E-state index in [4.69, 9.17) is 0 Å². The van der Waals surface area contributed by atoms with Gasteiger partial charge in [-0.05, 0) is 68.3 Å². The second-order valence-corrected chi connectivity index (χ2v) is 7.59. The second-order valence-electron chi connectivity index (χ2n) is 7.59. The van der Waals surface area contributed by atoms with Crippen LogP contribution in [-0.2, 0) is 18.3 Å². The number of carbonyl (C=O) groups excluding carboxylic acids is 1. The van der Waals surface area contributed by atoms with E-state index >= 15 is 0 Å². The highest BCUT2D eigenvalue weighted by Crippen LogP contribution is 2.22. The number of hydrogen-bond acceptors (Lipinski definition) is 3. The van der Waals surface area contributed by atoms with Gasteiger partial charge in [0, 0.05) is 24.7 Å². The molecule has 2 aromatic heterocycles. The Bertz CT molecular complexity index is 1210. The van der Waals surface area contributed by atoms with Crippen molar-refractivity contribution in [3.05, 3.63) is 83.6 Å². The van der Waals surface area contributed by atoms with Crippen molar-refractivity contribution in [2.75, 3.05) is 5.32 Å². The van der Waals surface area contributed by atoms with E-state index in [1.807, 2.05) is 55.9 Å². The van der Waals surface area contributed by atoms with Crippen molar-refractivity contribution in [2.24, 2.45) is 7.05 Å². The number of benzene rings is 2. The molecule has 158 valence electrons. The summed E-state index contributed by atoms with van der Waals surface area (Å²) >= 11 is 0. The molecule has 1 N–H and O–H groups in total. The highest BCUT2D eigenvalue weighted by Gasteiger charge is 2.12. The van der Waals surface area contributed by atoms with Crippen LogP contribution < -0.4 is 5.32 Å². The average Bonchev–Trinajstić information content (AvgIpc) is 3.29. The van der Waals surface area contributed by atoms with Crippen LogP contribution >= 0.6 is 0 Å². The second kappa shape index (κ2) is 8.55. The number of hydrogen-bond donors (Lipinski definition) is 1. The monoisotopic (exact) mass is 417 g/mol. The lowest BCUT2D eigenvalue weighted by Gasteiger charge is -2.08. The number of imidazole rings is 1. The van der Waals surface area contributed by atoms with Gasteiger partial charge in [-0.1, -0.05) is 12.1 Å². The summed E-state index contributed by atoms with van der Waals surface area (Å²) < 4.78 is 16.8. The van der Waals surface area contributed by atoms with Gasteiger partial charge in [0.1, 0.15) is 5.82 Å². The van der Waals surface area contributed by atoms with Gasteiger partial charge in [0.25, 0.3) is 0 Å². The quantitative estimate of drug-likeness (QED) is 0.499. The molecule has 6 nitrogen and oxygen atoms in total. The van der Waals surface area contributed by atoms with E-state index in [2.05, 4.69) is 15.4 Å². The van der Waals surface area contributed by atoms with Crippen molar-refractivity contribution in [3.63, 3.8) is 0 Å². The molecule has 31 heavy (non-hydrogen) atoms. The maximum Gasteiger partial charge on any atom is 0.227 e. The number of halogens is 1. The van der Waals surface area contributed by atoms with Gasteiger partial charge in [0.05, 0.1) is 23.3 Å². The molecule has 4 rings (SSSR count). The van der Waals surface area contributed by atoms with Crippen molar-refractivity contribution >= 4 is 11.9 Å². The lowest BCUT2D eigenvalue weighted by molar-refractivity contribution is -0.116. The average molecular weight is 417 g/mol. The lowest BCUT2D eigenvalue weighted by Crippen LogP contribution is -2.15. The van der Waals surface area contributed by atoms with Gasteiger partial charge < -0.3 is 4.57 Å². The van der Waals surface area contributed by atoms with Crippen LogP contribution in [0.15, 0.2) is 60.8 Å². The van der Waals surface area contributed by atoms with Gasteiger partial charge in [0.15, 0.2) is 0 Å². The van der Waals surface area contributed by atoms with E-state index in [0.717, 1.165) is 33.9 Å². The van der Waals surface area contributed by atoms with Gasteiger partial charge >= 0.3 is 0 Å². The molecule has 2 aromatic carbocycles. The van der Waals surface area contributed by atoms with Crippen LogP contribution in [-0.4, -0.2) is 25.2 Å². The minimum atomic E-state index is -0.289. The molecule has 0 atom stereocenters. The Morgan fingerprint density at radius 2 is 1.77 bits per heavy atom. The topological polar surface area (TPSA) is 64.7 Å². The first-order chi connectivity index (χ1) is 14.9. The molecule has 0 unspecified atom stereocenters. The molecule has 0 bridgehead atoms. The predicted octanol–water partition coefficient (Wildman–Crippen LogP) is 4.60. The number of nitrogens with one attached hydrogen (secondary N) is 1. The summed E-state index contributed by atoms with van der Waals surface area (Å²) in [5.74, 6) is 0.0635. The molecular formula is C24H24FN5O. The molecule has 0 aliphatic heterocycles. The van der Waals surface area contributed by atoms with Crippen molar-refractivity contribution < 1.29 is 9.18 Å². The van der Waals surface area contributed by atoms with Crippen molar-refractivity contribution in [2.45, 2.75) is 26.7 Å². The molecule has 4 aromatic rings. The largest absolute Gasteiger partial charge is 0.313 e. The maximum absolute atomic E-state index is 13.1. The lowest BCUT2D eigenvalue weighted by atomic mass is 10.1. The van der Waals surface area contributed by atoms with E-state index in [-0.39, 0.29) is 11.7 Å². The SMILES string of the molecule is Cc1cc(C)n(-c2ccc(CCC(=O)Nc3ncc(-c4ccc(F)cc4)n3C)cc2)n1. The Morgan fingerprint density at radius 1 is 1.06 bits per heavy atom. The number of carbonyl (C=O) groups is 1. The van der Waals surface area contributed by atoms with Crippen LogP contribution in [0.25, 0.3) is 16.9 Å².